The lowest BCUT2D eigenvalue weighted by molar-refractivity contribution is -0.147. The van der Waals surface area contributed by atoms with Crippen LogP contribution in [0.2, 0.25) is 0 Å². The largest absolute Gasteiger partial charge is 0.466 e. The summed E-state index contributed by atoms with van der Waals surface area (Å²) in [6.45, 7) is 4.92. The number of rotatable bonds is 10. The van der Waals surface area contributed by atoms with Crippen LogP contribution >= 0.6 is 0 Å². The van der Waals surface area contributed by atoms with Crippen molar-refractivity contribution >= 4 is 23.8 Å². The number of unbranched alkanes of at least 4 members (excludes halogenated alkanes) is 1. The molecule has 2 amide bonds. The van der Waals surface area contributed by atoms with Crippen LogP contribution in [0.3, 0.4) is 0 Å². The van der Waals surface area contributed by atoms with Crippen LogP contribution in [0.15, 0.2) is 24.3 Å². The van der Waals surface area contributed by atoms with Gasteiger partial charge < -0.3 is 9.47 Å². The van der Waals surface area contributed by atoms with Crippen molar-refractivity contribution in [3.63, 3.8) is 0 Å². The molecular weight excluding hydrogens is 362 g/mol. The SMILES string of the molecule is CC[C@H](C[C@@H](CCCCOC(C)=O)OC(C)=O)N1C(=O)c2ccccc2C1=O. The summed E-state index contributed by atoms with van der Waals surface area (Å²) in [6, 6.07) is 6.42. The number of nitrogens with zero attached hydrogens (tertiary/aromatic N) is 1. The highest BCUT2D eigenvalue weighted by Gasteiger charge is 2.40. The van der Waals surface area contributed by atoms with E-state index in [4.69, 9.17) is 9.47 Å². The van der Waals surface area contributed by atoms with E-state index in [9.17, 15) is 19.2 Å². The number of benzene rings is 1. The maximum Gasteiger partial charge on any atom is 0.302 e. The van der Waals surface area contributed by atoms with Crippen LogP contribution < -0.4 is 0 Å². The van der Waals surface area contributed by atoms with Gasteiger partial charge in [0.2, 0.25) is 0 Å². The van der Waals surface area contributed by atoms with Gasteiger partial charge in [0.05, 0.1) is 17.7 Å². The first kappa shape index (κ1) is 21.6. The normalized spacial score (nSPS) is 15.2. The number of carbonyl (C=O) groups excluding carboxylic acids is 4. The molecule has 152 valence electrons. The van der Waals surface area contributed by atoms with E-state index < -0.39 is 12.1 Å². The molecular formula is C21H27NO6. The van der Waals surface area contributed by atoms with E-state index in [0.717, 1.165) is 0 Å². The standard InChI is InChI=1S/C21H27NO6/c1-4-16(22-20(25)18-10-5-6-11-19(18)21(22)26)13-17(28-15(3)24)9-7-8-12-27-14(2)23/h5-6,10-11,16-17H,4,7-9,12-13H2,1-3H3/t16-,17-/m1/s1. The molecule has 0 saturated heterocycles. The van der Waals surface area contributed by atoms with E-state index in [1.807, 2.05) is 6.92 Å². The molecule has 2 atom stereocenters. The van der Waals surface area contributed by atoms with E-state index in [-0.39, 0.29) is 23.8 Å². The highest BCUT2D eigenvalue weighted by Crippen LogP contribution is 2.28. The van der Waals surface area contributed by atoms with Gasteiger partial charge in [-0.25, -0.2) is 0 Å². The van der Waals surface area contributed by atoms with Gasteiger partial charge in [-0.1, -0.05) is 19.1 Å². The third kappa shape index (κ3) is 5.41. The Hall–Kier alpha value is -2.70. The summed E-state index contributed by atoms with van der Waals surface area (Å²) in [4.78, 5) is 49.0. The van der Waals surface area contributed by atoms with Crippen molar-refractivity contribution in [3.8, 4) is 0 Å². The molecule has 1 aliphatic rings. The molecule has 0 unspecified atom stereocenters. The third-order valence-electron chi connectivity index (χ3n) is 4.76. The second-order valence-corrected chi connectivity index (χ2v) is 6.89. The summed E-state index contributed by atoms with van der Waals surface area (Å²) in [5.41, 5.74) is 0.827. The average molecular weight is 389 g/mol. The van der Waals surface area contributed by atoms with Gasteiger partial charge in [0.15, 0.2) is 0 Å². The highest BCUT2D eigenvalue weighted by molar-refractivity contribution is 6.21. The predicted molar refractivity (Wildman–Crippen MR) is 102 cm³/mol. The molecule has 28 heavy (non-hydrogen) atoms. The number of hydrogen-bond acceptors (Lipinski definition) is 6. The Balaban J connectivity index is 2.02. The summed E-state index contributed by atoms with van der Waals surface area (Å²) in [6.07, 6.45) is 2.46. The maximum absolute atomic E-state index is 12.7. The molecule has 0 radical (unpaired) electrons. The number of ether oxygens (including phenoxy) is 2. The van der Waals surface area contributed by atoms with Gasteiger partial charge in [-0.3, -0.25) is 24.1 Å². The topological polar surface area (TPSA) is 90.0 Å². The minimum atomic E-state index is -0.413. The fraction of sp³-hybridized carbons (Fsp3) is 0.524. The molecule has 0 spiro atoms. The van der Waals surface area contributed by atoms with Gasteiger partial charge in [0, 0.05) is 26.3 Å². The highest BCUT2D eigenvalue weighted by atomic mass is 16.5. The van der Waals surface area contributed by atoms with Gasteiger partial charge in [-0.2, -0.15) is 0 Å². The van der Waals surface area contributed by atoms with E-state index in [2.05, 4.69) is 0 Å². The second kappa shape index (κ2) is 10.0. The molecule has 1 aromatic rings. The number of carbonyl (C=O) groups is 4. The monoisotopic (exact) mass is 389 g/mol. The lowest BCUT2D eigenvalue weighted by Crippen LogP contribution is -2.42. The summed E-state index contributed by atoms with van der Waals surface area (Å²) < 4.78 is 10.3. The Labute approximate surface area is 165 Å². The van der Waals surface area contributed by atoms with Crippen LogP contribution in [0, 0.1) is 0 Å². The smallest absolute Gasteiger partial charge is 0.302 e. The molecule has 0 fully saturated rings. The Morgan fingerprint density at radius 1 is 1.00 bits per heavy atom. The number of imide groups is 1. The molecule has 1 aliphatic heterocycles. The zero-order valence-corrected chi connectivity index (χ0v) is 16.6. The van der Waals surface area contributed by atoms with Crippen molar-refractivity contribution in [1.29, 1.82) is 0 Å². The van der Waals surface area contributed by atoms with Crippen molar-refractivity contribution in [3.05, 3.63) is 35.4 Å². The first-order valence-electron chi connectivity index (χ1n) is 9.62. The molecule has 7 heteroatoms. The second-order valence-electron chi connectivity index (χ2n) is 6.89. The van der Waals surface area contributed by atoms with Crippen LogP contribution in [0.5, 0.6) is 0 Å². The van der Waals surface area contributed by atoms with Crippen molar-refractivity contribution in [2.75, 3.05) is 6.61 Å². The summed E-state index contributed by atoms with van der Waals surface area (Å²) in [5.74, 6) is -1.33. The van der Waals surface area contributed by atoms with Gasteiger partial charge in [-0.05, 0) is 37.8 Å². The van der Waals surface area contributed by atoms with Crippen LogP contribution in [0.4, 0.5) is 0 Å². The van der Waals surface area contributed by atoms with Crippen LogP contribution in [-0.4, -0.2) is 47.4 Å². The van der Waals surface area contributed by atoms with E-state index in [1.54, 1.807) is 24.3 Å². The lowest BCUT2D eigenvalue weighted by atomic mass is 10.0. The first-order valence-corrected chi connectivity index (χ1v) is 9.62. The average Bonchev–Trinajstić information content (AvgIpc) is 2.90. The first-order chi connectivity index (χ1) is 13.3. The molecule has 0 aliphatic carbocycles. The quantitative estimate of drug-likeness (QED) is 0.347. The number of amides is 2. The molecule has 1 heterocycles. The van der Waals surface area contributed by atoms with Crippen molar-refractivity contribution < 1.29 is 28.7 Å². The fourth-order valence-corrected chi connectivity index (χ4v) is 3.45. The van der Waals surface area contributed by atoms with Crippen LogP contribution in [0.1, 0.15) is 73.6 Å². The van der Waals surface area contributed by atoms with Crippen molar-refractivity contribution in [2.45, 2.75) is 65.0 Å². The predicted octanol–water partition coefficient (Wildman–Crippen LogP) is 3.12. The Morgan fingerprint density at radius 3 is 2.11 bits per heavy atom. The third-order valence-corrected chi connectivity index (χ3v) is 4.76. The Bertz CT molecular complexity index is 709. The molecule has 0 bridgehead atoms. The van der Waals surface area contributed by atoms with Gasteiger partial charge in [-0.15, -0.1) is 0 Å². The summed E-state index contributed by atoms with van der Waals surface area (Å²) in [7, 11) is 0. The van der Waals surface area contributed by atoms with Crippen molar-refractivity contribution in [2.24, 2.45) is 0 Å². The number of esters is 2. The van der Waals surface area contributed by atoms with Gasteiger partial charge in [0.25, 0.3) is 11.8 Å². The molecule has 2 rings (SSSR count). The minimum absolute atomic E-state index is 0.302. The molecule has 0 N–H and O–H groups in total. The van der Waals surface area contributed by atoms with Crippen LogP contribution in [0.25, 0.3) is 0 Å². The maximum atomic E-state index is 12.7. The molecule has 0 aromatic heterocycles. The van der Waals surface area contributed by atoms with Crippen molar-refractivity contribution in [1.82, 2.24) is 4.90 Å². The number of hydrogen-bond donors (Lipinski definition) is 0. The van der Waals surface area contributed by atoms with Crippen LogP contribution in [-0.2, 0) is 19.1 Å². The zero-order valence-electron chi connectivity index (χ0n) is 16.6. The van der Waals surface area contributed by atoms with E-state index in [1.165, 1.54) is 18.7 Å². The minimum Gasteiger partial charge on any atom is -0.466 e. The van der Waals surface area contributed by atoms with Gasteiger partial charge in [0.1, 0.15) is 6.10 Å². The molecule has 1 aromatic carbocycles. The fourth-order valence-electron chi connectivity index (χ4n) is 3.45. The number of fused-ring (bicyclic) bond motifs is 1. The van der Waals surface area contributed by atoms with Gasteiger partial charge >= 0.3 is 11.9 Å². The Kier molecular flexibility index (Phi) is 7.72. The summed E-state index contributed by atoms with van der Waals surface area (Å²) in [5, 5.41) is 0. The van der Waals surface area contributed by atoms with E-state index in [0.29, 0.717) is 49.8 Å². The summed E-state index contributed by atoms with van der Waals surface area (Å²) >= 11 is 0. The Morgan fingerprint density at radius 2 is 1.61 bits per heavy atom. The zero-order chi connectivity index (χ0) is 20.7. The molecule has 7 nitrogen and oxygen atoms in total. The molecule has 0 saturated carbocycles. The van der Waals surface area contributed by atoms with E-state index >= 15 is 0 Å². The lowest BCUT2D eigenvalue weighted by Gasteiger charge is -2.29.